The van der Waals surface area contributed by atoms with E-state index in [9.17, 15) is 14.7 Å². The Bertz CT molecular complexity index is 572. The highest BCUT2D eigenvalue weighted by atomic mass is 127. The molecule has 0 bridgehead atoms. The summed E-state index contributed by atoms with van der Waals surface area (Å²) in [5, 5.41) is 9.72. The molecule has 1 aliphatic rings. The van der Waals surface area contributed by atoms with Crippen molar-refractivity contribution >= 4 is 34.4 Å². The molecular weight excluding hydrogens is 371 g/mol. The summed E-state index contributed by atoms with van der Waals surface area (Å²) in [6.07, 6.45) is 0. The van der Waals surface area contributed by atoms with E-state index in [1.165, 1.54) is 6.07 Å². The number of hydrogen-bond acceptors (Lipinski definition) is 3. The van der Waals surface area contributed by atoms with Crippen molar-refractivity contribution in [2.45, 2.75) is 19.4 Å². The van der Waals surface area contributed by atoms with Gasteiger partial charge in [-0.1, -0.05) is 0 Å². The van der Waals surface area contributed by atoms with Crippen molar-refractivity contribution < 1.29 is 14.7 Å². The number of carbonyl (C=O) groups excluding carboxylic acids is 2. The maximum Gasteiger partial charge on any atom is 0.254 e. The molecule has 1 aromatic carbocycles. The van der Waals surface area contributed by atoms with E-state index in [-0.39, 0.29) is 17.6 Å². The van der Waals surface area contributed by atoms with Gasteiger partial charge >= 0.3 is 0 Å². The van der Waals surface area contributed by atoms with Crippen LogP contribution in [0.1, 0.15) is 24.2 Å². The van der Waals surface area contributed by atoms with Crippen LogP contribution < -0.4 is 0 Å². The van der Waals surface area contributed by atoms with E-state index in [0.29, 0.717) is 22.2 Å². The van der Waals surface area contributed by atoms with Gasteiger partial charge in [-0.2, -0.15) is 0 Å². The molecule has 0 spiro atoms. The molecule has 0 aliphatic carbocycles. The summed E-state index contributed by atoms with van der Waals surface area (Å²) in [5.74, 6) is -0.232. The van der Waals surface area contributed by atoms with Gasteiger partial charge in [0.15, 0.2) is 0 Å². The maximum absolute atomic E-state index is 12.6. The molecule has 6 heteroatoms. The normalized spacial score (nSPS) is 18.3. The Balaban J connectivity index is 2.33. The number of halogens is 1. The number of rotatable bonds is 1. The lowest BCUT2D eigenvalue weighted by molar-refractivity contribution is -0.144. The molecule has 0 atom stereocenters. The third-order valence-electron chi connectivity index (χ3n) is 3.64. The second-order valence-corrected chi connectivity index (χ2v) is 6.57. The van der Waals surface area contributed by atoms with Gasteiger partial charge in [-0.05, 0) is 54.6 Å². The Hall–Kier alpha value is -1.31. The van der Waals surface area contributed by atoms with Crippen LogP contribution in [0.5, 0.6) is 5.75 Å². The summed E-state index contributed by atoms with van der Waals surface area (Å²) >= 11 is 2.00. The van der Waals surface area contributed by atoms with Crippen molar-refractivity contribution in [1.82, 2.24) is 9.80 Å². The Kier molecular flexibility index (Phi) is 3.95. The molecule has 0 radical (unpaired) electrons. The van der Waals surface area contributed by atoms with Gasteiger partial charge in [0, 0.05) is 25.7 Å². The van der Waals surface area contributed by atoms with Crippen molar-refractivity contribution in [3.63, 3.8) is 0 Å². The zero-order valence-electron chi connectivity index (χ0n) is 11.7. The molecule has 2 rings (SSSR count). The van der Waals surface area contributed by atoms with Gasteiger partial charge in [-0.15, -0.1) is 0 Å². The molecule has 1 heterocycles. The minimum atomic E-state index is -0.872. The zero-order valence-corrected chi connectivity index (χ0v) is 13.8. The van der Waals surface area contributed by atoms with Crippen LogP contribution >= 0.6 is 22.6 Å². The van der Waals surface area contributed by atoms with E-state index in [4.69, 9.17) is 0 Å². The van der Waals surface area contributed by atoms with Gasteiger partial charge in [-0.25, -0.2) is 0 Å². The van der Waals surface area contributed by atoms with Crippen molar-refractivity contribution in [1.29, 1.82) is 0 Å². The molecular formula is C14H17IN2O3. The zero-order chi connectivity index (χ0) is 15.1. The lowest BCUT2D eigenvalue weighted by Gasteiger charge is -2.44. The van der Waals surface area contributed by atoms with Crippen LogP contribution in [-0.2, 0) is 4.79 Å². The molecule has 108 valence electrons. The molecule has 0 aromatic heterocycles. The van der Waals surface area contributed by atoms with Gasteiger partial charge in [0.25, 0.3) is 5.91 Å². The predicted molar refractivity (Wildman–Crippen MR) is 83.6 cm³/mol. The highest BCUT2D eigenvalue weighted by Crippen LogP contribution is 2.26. The first-order chi connectivity index (χ1) is 9.25. The molecule has 1 aromatic rings. The van der Waals surface area contributed by atoms with E-state index >= 15 is 0 Å². The number of carbonyl (C=O) groups is 2. The highest BCUT2D eigenvalue weighted by Gasteiger charge is 2.43. The lowest BCUT2D eigenvalue weighted by atomic mass is 9.96. The van der Waals surface area contributed by atoms with Crippen molar-refractivity contribution in [2.24, 2.45) is 0 Å². The summed E-state index contributed by atoms with van der Waals surface area (Å²) in [7, 11) is 1.74. The van der Waals surface area contributed by atoms with Gasteiger partial charge in [0.05, 0.1) is 3.57 Å². The first kappa shape index (κ1) is 15.1. The molecule has 0 saturated carbocycles. The van der Waals surface area contributed by atoms with Crippen LogP contribution in [0.25, 0.3) is 0 Å². The van der Waals surface area contributed by atoms with Crippen molar-refractivity contribution in [3.05, 3.63) is 27.3 Å². The van der Waals surface area contributed by atoms with Crippen molar-refractivity contribution in [2.75, 3.05) is 20.1 Å². The number of piperazine rings is 1. The lowest BCUT2D eigenvalue weighted by Crippen LogP contribution is -2.63. The minimum Gasteiger partial charge on any atom is -0.507 e. The first-order valence-corrected chi connectivity index (χ1v) is 7.39. The van der Waals surface area contributed by atoms with Crippen LogP contribution in [0.2, 0.25) is 0 Å². The first-order valence-electron chi connectivity index (χ1n) is 6.31. The summed E-state index contributed by atoms with van der Waals surface area (Å²) in [6, 6.07) is 4.81. The number of likely N-dealkylation sites (N-methyl/N-ethyl adjacent to an activating group) is 1. The SMILES string of the molecule is CN1CCN(C(=O)c2ccc(I)c(O)c2)C(C)(C)C1=O. The molecule has 0 unspecified atom stereocenters. The Morgan fingerprint density at radius 1 is 1.35 bits per heavy atom. The third kappa shape index (κ3) is 2.48. The molecule has 2 amide bonds. The van der Waals surface area contributed by atoms with Crippen LogP contribution in [0.15, 0.2) is 18.2 Å². The predicted octanol–water partition coefficient (Wildman–Crippen LogP) is 1.69. The Morgan fingerprint density at radius 3 is 2.60 bits per heavy atom. The summed E-state index contributed by atoms with van der Waals surface area (Å²) in [4.78, 5) is 28.0. The van der Waals surface area contributed by atoms with Gasteiger partial charge in [0.2, 0.25) is 5.91 Å². The Morgan fingerprint density at radius 2 is 2.00 bits per heavy atom. The topological polar surface area (TPSA) is 60.9 Å². The summed E-state index contributed by atoms with van der Waals surface area (Å²) < 4.78 is 0.688. The second-order valence-electron chi connectivity index (χ2n) is 5.41. The van der Waals surface area contributed by atoms with Gasteiger partial charge in [-0.3, -0.25) is 9.59 Å². The third-order valence-corrected chi connectivity index (χ3v) is 4.55. The molecule has 20 heavy (non-hydrogen) atoms. The van der Waals surface area contributed by atoms with E-state index in [1.54, 1.807) is 42.8 Å². The van der Waals surface area contributed by atoms with E-state index in [2.05, 4.69) is 0 Å². The molecule has 1 aliphatic heterocycles. The smallest absolute Gasteiger partial charge is 0.254 e. The Labute approximate surface area is 131 Å². The van der Waals surface area contributed by atoms with E-state index in [0.717, 1.165) is 0 Å². The van der Waals surface area contributed by atoms with Crippen LogP contribution in [0.3, 0.4) is 0 Å². The molecule has 1 saturated heterocycles. The maximum atomic E-state index is 12.6. The molecule has 5 nitrogen and oxygen atoms in total. The van der Waals surface area contributed by atoms with E-state index < -0.39 is 5.54 Å². The number of amides is 2. The average Bonchev–Trinajstić information content (AvgIpc) is 2.39. The van der Waals surface area contributed by atoms with Crippen LogP contribution in [0, 0.1) is 3.57 Å². The summed E-state index contributed by atoms with van der Waals surface area (Å²) in [6.45, 7) is 4.50. The second kappa shape index (κ2) is 5.23. The molecule has 1 N–H and O–H groups in total. The number of aromatic hydroxyl groups is 1. The largest absolute Gasteiger partial charge is 0.507 e. The van der Waals surface area contributed by atoms with Gasteiger partial charge in [0.1, 0.15) is 11.3 Å². The fourth-order valence-corrected chi connectivity index (χ4v) is 2.71. The number of nitrogens with zero attached hydrogens (tertiary/aromatic N) is 2. The fourth-order valence-electron chi connectivity index (χ4n) is 2.37. The van der Waals surface area contributed by atoms with E-state index in [1.807, 2.05) is 22.6 Å². The monoisotopic (exact) mass is 388 g/mol. The van der Waals surface area contributed by atoms with Crippen LogP contribution in [-0.4, -0.2) is 52.4 Å². The molecule has 1 fully saturated rings. The number of benzene rings is 1. The van der Waals surface area contributed by atoms with Gasteiger partial charge < -0.3 is 14.9 Å². The average molecular weight is 388 g/mol. The standard InChI is InChI=1S/C14H17IN2O3/c1-14(2)13(20)16(3)6-7-17(14)12(19)9-4-5-10(15)11(18)8-9/h4-5,8,18H,6-7H2,1-3H3. The van der Waals surface area contributed by atoms with Crippen LogP contribution in [0.4, 0.5) is 0 Å². The number of phenols is 1. The quantitative estimate of drug-likeness (QED) is 0.745. The highest BCUT2D eigenvalue weighted by molar-refractivity contribution is 14.1. The number of hydrogen-bond donors (Lipinski definition) is 1. The van der Waals surface area contributed by atoms with Crippen molar-refractivity contribution in [3.8, 4) is 5.75 Å². The number of phenolic OH excluding ortho intramolecular Hbond substituents is 1. The summed E-state index contributed by atoms with van der Waals surface area (Å²) in [5.41, 5.74) is -0.476. The fraction of sp³-hybridized carbons (Fsp3) is 0.429. The minimum absolute atomic E-state index is 0.0770.